The van der Waals surface area contributed by atoms with Crippen LogP contribution in [-0.2, 0) is 9.53 Å². The Hall–Kier alpha value is -0.610. The summed E-state index contributed by atoms with van der Waals surface area (Å²) in [6.45, 7) is 4.07. The molecule has 0 aromatic heterocycles. The molecule has 2 N–H and O–H groups in total. The maximum Gasteiger partial charge on any atom is 0.277 e. The van der Waals surface area contributed by atoms with Crippen LogP contribution < -0.4 is 5.32 Å². The van der Waals surface area contributed by atoms with E-state index in [2.05, 4.69) is 0 Å². The Kier molecular flexibility index (Phi) is 6.36. The van der Waals surface area contributed by atoms with E-state index in [0.29, 0.717) is 13.2 Å². The molecule has 0 atom stereocenters. The number of hydrogen-bond donors (Lipinski definition) is 1. The highest BCUT2D eigenvalue weighted by molar-refractivity contribution is 5.76. The molecule has 1 saturated heterocycles. The van der Waals surface area contributed by atoms with E-state index in [0.717, 1.165) is 19.6 Å². The largest absolute Gasteiger partial charge is 0.379 e. The summed E-state index contributed by atoms with van der Waals surface area (Å²) in [6, 6.07) is 0. The van der Waals surface area contributed by atoms with E-state index in [-0.39, 0.29) is 5.91 Å². The van der Waals surface area contributed by atoms with Crippen LogP contribution in [0.1, 0.15) is 25.7 Å². The third-order valence-corrected chi connectivity index (χ3v) is 2.80. The molecular formula is C11H23N2O2+. The van der Waals surface area contributed by atoms with Gasteiger partial charge in [0.15, 0.2) is 6.54 Å². The number of hydrogen-bond acceptors (Lipinski definition) is 2. The van der Waals surface area contributed by atoms with Crippen molar-refractivity contribution in [3.05, 3.63) is 0 Å². The van der Waals surface area contributed by atoms with Gasteiger partial charge >= 0.3 is 0 Å². The Balaban J connectivity index is 2.14. The molecule has 1 amide bonds. The second-order valence-electron chi connectivity index (χ2n) is 4.07. The van der Waals surface area contributed by atoms with Crippen molar-refractivity contribution in [2.45, 2.75) is 25.7 Å². The molecule has 4 heteroatoms. The van der Waals surface area contributed by atoms with Crippen LogP contribution in [0.5, 0.6) is 0 Å². The average Bonchev–Trinajstić information content (AvgIpc) is 2.52. The normalized spacial score (nSPS) is 17.5. The lowest BCUT2D eigenvalue weighted by molar-refractivity contribution is -0.646. The molecule has 0 saturated carbocycles. The lowest BCUT2D eigenvalue weighted by atomic mass is 10.2. The molecule has 1 rings (SSSR count). The number of ether oxygens (including phenoxy) is 1. The molecule has 15 heavy (non-hydrogen) atoms. The van der Waals surface area contributed by atoms with Crippen molar-refractivity contribution in [1.82, 2.24) is 4.90 Å². The van der Waals surface area contributed by atoms with Crippen molar-refractivity contribution in [2.75, 3.05) is 39.9 Å². The molecule has 0 bridgehead atoms. The van der Waals surface area contributed by atoms with Gasteiger partial charge in [-0.2, -0.15) is 0 Å². The molecule has 1 heterocycles. The van der Waals surface area contributed by atoms with Gasteiger partial charge in [0.05, 0.1) is 13.2 Å². The van der Waals surface area contributed by atoms with Gasteiger partial charge in [0.2, 0.25) is 0 Å². The summed E-state index contributed by atoms with van der Waals surface area (Å²) in [5.41, 5.74) is 0. The van der Waals surface area contributed by atoms with E-state index in [9.17, 15) is 4.79 Å². The highest BCUT2D eigenvalue weighted by Crippen LogP contribution is 2.08. The zero-order valence-corrected chi connectivity index (χ0v) is 9.71. The fraction of sp³-hybridized carbons (Fsp3) is 0.909. The summed E-state index contributed by atoms with van der Waals surface area (Å²) in [5.74, 6) is 0.285. The molecule has 0 aromatic carbocycles. The maximum atomic E-state index is 11.8. The van der Waals surface area contributed by atoms with E-state index >= 15 is 0 Å². The number of nitrogens with two attached hydrogens (primary N) is 1. The SMILES string of the molecule is COCC[NH2+]CC(=O)N1CCCCCC1. The zero-order valence-electron chi connectivity index (χ0n) is 9.71. The summed E-state index contributed by atoms with van der Waals surface area (Å²) in [7, 11) is 1.68. The van der Waals surface area contributed by atoms with Gasteiger partial charge < -0.3 is 15.0 Å². The second-order valence-corrected chi connectivity index (χ2v) is 4.07. The number of methoxy groups -OCH3 is 1. The molecule has 88 valence electrons. The van der Waals surface area contributed by atoms with E-state index in [4.69, 9.17) is 4.74 Å². The topological polar surface area (TPSA) is 46.1 Å². The van der Waals surface area contributed by atoms with Crippen molar-refractivity contribution in [3.8, 4) is 0 Å². The van der Waals surface area contributed by atoms with Crippen molar-refractivity contribution in [1.29, 1.82) is 0 Å². The molecule has 4 nitrogen and oxygen atoms in total. The van der Waals surface area contributed by atoms with Gasteiger partial charge in [-0.3, -0.25) is 4.79 Å². The summed E-state index contributed by atoms with van der Waals surface area (Å²) >= 11 is 0. The first kappa shape index (κ1) is 12.5. The predicted octanol–water partition coefficient (Wildman–Crippen LogP) is -0.401. The average molecular weight is 215 g/mol. The minimum Gasteiger partial charge on any atom is -0.379 e. The molecule has 1 fully saturated rings. The molecule has 0 aromatic rings. The van der Waals surface area contributed by atoms with Crippen LogP contribution >= 0.6 is 0 Å². The van der Waals surface area contributed by atoms with Gasteiger partial charge in [-0.15, -0.1) is 0 Å². The monoisotopic (exact) mass is 215 g/mol. The van der Waals surface area contributed by atoms with Crippen molar-refractivity contribution in [2.24, 2.45) is 0 Å². The van der Waals surface area contributed by atoms with Crippen LogP contribution in [0.4, 0.5) is 0 Å². The van der Waals surface area contributed by atoms with Crippen molar-refractivity contribution in [3.63, 3.8) is 0 Å². The number of carbonyl (C=O) groups is 1. The summed E-state index contributed by atoms with van der Waals surface area (Å²) in [4.78, 5) is 13.8. The molecule has 1 aliphatic rings. The Bertz CT molecular complexity index is 177. The Morgan fingerprint density at radius 2 is 1.93 bits per heavy atom. The maximum absolute atomic E-state index is 11.8. The van der Waals surface area contributed by atoms with Gasteiger partial charge in [0.25, 0.3) is 5.91 Å². The van der Waals surface area contributed by atoms with E-state index in [1.165, 1.54) is 25.7 Å². The first-order chi connectivity index (χ1) is 7.34. The smallest absolute Gasteiger partial charge is 0.277 e. The molecule has 0 spiro atoms. The summed E-state index contributed by atoms with van der Waals surface area (Å²) in [5, 5.41) is 2.02. The third-order valence-electron chi connectivity index (χ3n) is 2.80. The van der Waals surface area contributed by atoms with Crippen LogP contribution in [-0.4, -0.2) is 50.7 Å². The molecule has 1 aliphatic heterocycles. The van der Waals surface area contributed by atoms with Crippen LogP contribution in [0.2, 0.25) is 0 Å². The molecule has 0 unspecified atom stereocenters. The molecule has 0 aliphatic carbocycles. The van der Waals surface area contributed by atoms with Gasteiger partial charge in [0.1, 0.15) is 0 Å². The van der Waals surface area contributed by atoms with Gasteiger partial charge in [-0.05, 0) is 12.8 Å². The van der Waals surface area contributed by atoms with Crippen molar-refractivity contribution < 1.29 is 14.8 Å². The molecular weight excluding hydrogens is 192 g/mol. The van der Waals surface area contributed by atoms with E-state index in [1.54, 1.807) is 7.11 Å². The Labute approximate surface area is 92.0 Å². The lowest BCUT2D eigenvalue weighted by Crippen LogP contribution is -2.87. The zero-order chi connectivity index (χ0) is 10.9. The number of likely N-dealkylation sites (tertiary alicyclic amines) is 1. The summed E-state index contributed by atoms with van der Waals surface area (Å²) in [6.07, 6.45) is 4.89. The van der Waals surface area contributed by atoms with Gasteiger partial charge in [0, 0.05) is 20.2 Å². The first-order valence-electron chi connectivity index (χ1n) is 5.93. The second kappa shape index (κ2) is 7.65. The molecule has 0 radical (unpaired) electrons. The number of nitrogens with zero attached hydrogens (tertiary/aromatic N) is 1. The fourth-order valence-corrected chi connectivity index (χ4v) is 1.88. The number of rotatable bonds is 5. The number of amides is 1. The lowest BCUT2D eigenvalue weighted by Gasteiger charge is -2.19. The predicted molar refractivity (Wildman–Crippen MR) is 58.6 cm³/mol. The minimum atomic E-state index is 0.285. The van der Waals surface area contributed by atoms with Gasteiger partial charge in [-0.25, -0.2) is 0 Å². The highest BCUT2D eigenvalue weighted by Gasteiger charge is 2.15. The van der Waals surface area contributed by atoms with Gasteiger partial charge in [-0.1, -0.05) is 12.8 Å². The Morgan fingerprint density at radius 1 is 1.27 bits per heavy atom. The minimum absolute atomic E-state index is 0.285. The first-order valence-corrected chi connectivity index (χ1v) is 5.93. The van der Waals surface area contributed by atoms with Crippen LogP contribution in [0.3, 0.4) is 0 Å². The third kappa shape index (κ3) is 5.14. The number of quaternary nitrogens is 1. The van der Waals surface area contributed by atoms with Crippen LogP contribution in [0.15, 0.2) is 0 Å². The van der Waals surface area contributed by atoms with E-state index < -0.39 is 0 Å². The van der Waals surface area contributed by atoms with Crippen LogP contribution in [0.25, 0.3) is 0 Å². The highest BCUT2D eigenvalue weighted by atomic mass is 16.5. The number of carbonyl (C=O) groups excluding carboxylic acids is 1. The summed E-state index contributed by atoms with van der Waals surface area (Å²) < 4.78 is 4.93. The van der Waals surface area contributed by atoms with Crippen molar-refractivity contribution >= 4 is 5.91 Å². The standard InChI is InChI=1S/C11H22N2O2/c1-15-9-6-12-10-11(14)13-7-4-2-3-5-8-13/h12H,2-10H2,1H3/p+1. The fourth-order valence-electron chi connectivity index (χ4n) is 1.88. The van der Waals surface area contributed by atoms with E-state index in [1.807, 2.05) is 10.2 Å². The quantitative estimate of drug-likeness (QED) is 0.634. The Morgan fingerprint density at radius 3 is 2.53 bits per heavy atom. The van der Waals surface area contributed by atoms with Crippen LogP contribution in [0, 0.1) is 0 Å².